The second kappa shape index (κ2) is 2.38. The van der Waals surface area contributed by atoms with Crippen molar-refractivity contribution >= 4 is 0 Å². The van der Waals surface area contributed by atoms with E-state index in [4.69, 9.17) is 4.52 Å². The monoisotopic (exact) mass is 139 g/mol. The molecule has 1 fully saturated rings. The van der Waals surface area contributed by atoms with Crippen LogP contribution in [0.5, 0.6) is 0 Å². The van der Waals surface area contributed by atoms with Gasteiger partial charge in [-0.15, -0.1) is 0 Å². The summed E-state index contributed by atoms with van der Waals surface area (Å²) in [6.07, 6.45) is 2.37. The molecular weight excluding hydrogens is 130 g/mol. The Morgan fingerprint density at radius 2 is 2.60 bits per heavy atom. The lowest BCUT2D eigenvalue weighted by atomic mass is 10.00. The maximum absolute atomic E-state index is 4.85. The highest BCUT2D eigenvalue weighted by Crippen LogP contribution is 2.08. The van der Waals surface area contributed by atoms with Crippen LogP contribution in [0, 0.1) is 5.92 Å². The normalized spacial score (nSPS) is 18.8. The molecule has 54 valence electrons. The van der Waals surface area contributed by atoms with Crippen LogP contribution in [-0.2, 0) is 6.42 Å². The van der Waals surface area contributed by atoms with Crippen molar-refractivity contribution in [3.05, 3.63) is 12.2 Å². The molecule has 4 heteroatoms. The fourth-order valence-corrected chi connectivity index (χ4v) is 1.03. The summed E-state index contributed by atoms with van der Waals surface area (Å²) in [5, 5.41) is 6.71. The lowest BCUT2D eigenvalue weighted by Gasteiger charge is -2.25. The Morgan fingerprint density at radius 1 is 1.70 bits per heavy atom. The van der Waals surface area contributed by atoms with Crippen LogP contribution in [0.15, 0.2) is 10.9 Å². The minimum absolute atomic E-state index is 0.709. The highest BCUT2D eigenvalue weighted by Gasteiger charge is 2.18. The maximum atomic E-state index is 4.85. The van der Waals surface area contributed by atoms with E-state index in [0.29, 0.717) is 5.92 Å². The van der Waals surface area contributed by atoms with E-state index >= 15 is 0 Å². The van der Waals surface area contributed by atoms with E-state index in [1.165, 1.54) is 6.33 Å². The molecule has 1 saturated heterocycles. The van der Waals surface area contributed by atoms with Crippen molar-refractivity contribution in [3.63, 3.8) is 0 Å². The summed E-state index contributed by atoms with van der Waals surface area (Å²) in [6, 6.07) is 0. The maximum Gasteiger partial charge on any atom is 0.226 e. The molecule has 0 bridgehead atoms. The largest absolute Gasteiger partial charge is 0.340 e. The van der Waals surface area contributed by atoms with Crippen LogP contribution in [0.25, 0.3) is 0 Å². The first-order valence-electron chi connectivity index (χ1n) is 3.41. The summed E-state index contributed by atoms with van der Waals surface area (Å²) in [7, 11) is 0. The summed E-state index contributed by atoms with van der Waals surface area (Å²) < 4.78 is 4.85. The number of hydrogen-bond acceptors (Lipinski definition) is 4. The zero-order valence-corrected chi connectivity index (χ0v) is 5.58. The third-order valence-electron chi connectivity index (χ3n) is 1.74. The Balaban J connectivity index is 1.90. The lowest BCUT2D eigenvalue weighted by molar-refractivity contribution is 0.295. The first-order valence-corrected chi connectivity index (χ1v) is 3.41. The number of nitrogens with zero attached hydrogens (tertiary/aromatic N) is 2. The average Bonchev–Trinajstić information content (AvgIpc) is 2.29. The van der Waals surface area contributed by atoms with Gasteiger partial charge in [-0.1, -0.05) is 5.16 Å². The molecule has 10 heavy (non-hydrogen) atoms. The van der Waals surface area contributed by atoms with Crippen LogP contribution in [0.3, 0.4) is 0 Å². The van der Waals surface area contributed by atoms with E-state index in [9.17, 15) is 0 Å². The molecule has 0 saturated carbocycles. The zero-order valence-electron chi connectivity index (χ0n) is 5.58. The molecule has 1 aromatic heterocycles. The molecule has 0 unspecified atom stereocenters. The fraction of sp³-hybridized carbons (Fsp3) is 0.667. The van der Waals surface area contributed by atoms with E-state index in [0.717, 1.165) is 25.4 Å². The van der Waals surface area contributed by atoms with Crippen LogP contribution in [-0.4, -0.2) is 23.2 Å². The summed E-state index contributed by atoms with van der Waals surface area (Å²) in [5.74, 6) is 1.46. The Bertz CT molecular complexity index is 193. The topological polar surface area (TPSA) is 51.0 Å². The van der Waals surface area contributed by atoms with Gasteiger partial charge in [-0.25, -0.2) is 0 Å². The predicted octanol–water partition coefficient (Wildman–Crippen LogP) is -0.169. The SMILES string of the molecule is c1noc(CC2CNC2)n1. The molecular formula is C6H9N3O. The highest BCUT2D eigenvalue weighted by atomic mass is 16.5. The minimum Gasteiger partial charge on any atom is -0.340 e. The molecule has 1 aromatic rings. The molecule has 0 atom stereocenters. The lowest BCUT2D eigenvalue weighted by Crippen LogP contribution is -2.43. The van der Waals surface area contributed by atoms with Gasteiger partial charge in [0.25, 0.3) is 0 Å². The van der Waals surface area contributed by atoms with Crippen LogP contribution >= 0.6 is 0 Å². The van der Waals surface area contributed by atoms with Crippen molar-refractivity contribution in [1.29, 1.82) is 0 Å². The number of nitrogens with one attached hydrogen (secondary N) is 1. The van der Waals surface area contributed by atoms with Crippen LogP contribution in [0.2, 0.25) is 0 Å². The summed E-state index contributed by atoms with van der Waals surface area (Å²) in [6.45, 7) is 2.17. The van der Waals surface area contributed by atoms with Crippen molar-refractivity contribution < 1.29 is 4.52 Å². The summed E-state index contributed by atoms with van der Waals surface area (Å²) in [4.78, 5) is 3.93. The first kappa shape index (κ1) is 5.85. The van der Waals surface area contributed by atoms with Gasteiger partial charge in [0.15, 0.2) is 6.33 Å². The molecule has 4 nitrogen and oxygen atoms in total. The number of rotatable bonds is 2. The Labute approximate surface area is 58.6 Å². The summed E-state index contributed by atoms with van der Waals surface area (Å²) in [5.41, 5.74) is 0. The van der Waals surface area contributed by atoms with E-state index in [-0.39, 0.29) is 0 Å². The Hall–Kier alpha value is -0.900. The molecule has 2 heterocycles. The Morgan fingerprint density at radius 3 is 3.10 bits per heavy atom. The zero-order chi connectivity index (χ0) is 6.81. The van der Waals surface area contributed by atoms with Gasteiger partial charge in [0.05, 0.1) is 0 Å². The smallest absolute Gasteiger partial charge is 0.226 e. The molecule has 0 amide bonds. The van der Waals surface area contributed by atoms with Crippen molar-refractivity contribution in [3.8, 4) is 0 Å². The molecule has 0 spiro atoms. The predicted molar refractivity (Wildman–Crippen MR) is 34.4 cm³/mol. The third-order valence-corrected chi connectivity index (χ3v) is 1.74. The quantitative estimate of drug-likeness (QED) is 0.618. The molecule has 0 aliphatic carbocycles. The molecule has 1 aliphatic rings. The molecule has 0 radical (unpaired) electrons. The second-order valence-electron chi connectivity index (χ2n) is 2.56. The van der Waals surface area contributed by atoms with Gasteiger partial charge in [0.2, 0.25) is 5.89 Å². The van der Waals surface area contributed by atoms with Crippen molar-refractivity contribution in [2.75, 3.05) is 13.1 Å². The van der Waals surface area contributed by atoms with Crippen LogP contribution in [0.4, 0.5) is 0 Å². The molecule has 1 N–H and O–H groups in total. The van der Waals surface area contributed by atoms with Gasteiger partial charge in [-0.3, -0.25) is 0 Å². The van der Waals surface area contributed by atoms with E-state index in [1.807, 2.05) is 0 Å². The van der Waals surface area contributed by atoms with Gasteiger partial charge in [0, 0.05) is 6.42 Å². The van der Waals surface area contributed by atoms with Crippen LogP contribution < -0.4 is 5.32 Å². The molecule has 0 aromatic carbocycles. The standard InChI is InChI=1S/C6H9N3O/c1(5-2-7-3-5)6-8-4-9-10-6/h4-5,7H,1-3H2. The van der Waals surface area contributed by atoms with E-state index in [2.05, 4.69) is 15.5 Å². The van der Waals surface area contributed by atoms with Gasteiger partial charge in [0.1, 0.15) is 0 Å². The van der Waals surface area contributed by atoms with Gasteiger partial charge >= 0.3 is 0 Å². The van der Waals surface area contributed by atoms with E-state index < -0.39 is 0 Å². The molecule has 1 aliphatic heterocycles. The number of aromatic nitrogens is 2. The van der Waals surface area contributed by atoms with Gasteiger partial charge < -0.3 is 9.84 Å². The minimum atomic E-state index is 0.709. The number of hydrogen-bond donors (Lipinski definition) is 1. The fourth-order valence-electron chi connectivity index (χ4n) is 1.03. The van der Waals surface area contributed by atoms with E-state index in [1.54, 1.807) is 0 Å². The summed E-state index contributed by atoms with van der Waals surface area (Å²) >= 11 is 0. The van der Waals surface area contributed by atoms with Crippen molar-refractivity contribution in [2.45, 2.75) is 6.42 Å². The van der Waals surface area contributed by atoms with Gasteiger partial charge in [-0.05, 0) is 19.0 Å². The Kier molecular flexibility index (Phi) is 1.39. The van der Waals surface area contributed by atoms with Crippen molar-refractivity contribution in [2.24, 2.45) is 5.92 Å². The van der Waals surface area contributed by atoms with Gasteiger partial charge in [-0.2, -0.15) is 4.98 Å². The average molecular weight is 139 g/mol. The molecule has 2 rings (SSSR count). The van der Waals surface area contributed by atoms with Crippen molar-refractivity contribution in [1.82, 2.24) is 15.5 Å². The second-order valence-corrected chi connectivity index (χ2v) is 2.56. The first-order chi connectivity index (χ1) is 4.95. The third kappa shape index (κ3) is 1.02. The van der Waals surface area contributed by atoms with Crippen LogP contribution in [0.1, 0.15) is 5.89 Å². The highest BCUT2D eigenvalue weighted by molar-refractivity contribution is 4.85.